The zero-order valence-electron chi connectivity index (χ0n) is 14.1. The monoisotopic (exact) mass is 386 g/mol. The van der Waals surface area contributed by atoms with Crippen LogP contribution in [0.3, 0.4) is 0 Å². The van der Waals surface area contributed by atoms with Crippen LogP contribution in [0.4, 0.5) is 5.69 Å². The number of nitrogens with zero attached hydrogens (tertiary/aromatic N) is 1. The van der Waals surface area contributed by atoms with Gasteiger partial charge in [0.15, 0.2) is 5.11 Å². The second-order valence-electron chi connectivity index (χ2n) is 5.69. The van der Waals surface area contributed by atoms with Gasteiger partial charge in [0, 0.05) is 0 Å². The third-order valence-corrected chi connectivity index (χ3v) is 4.46. The predicted octanol–water partition coefficient (Wildman–Crippen LogP) is 3.49. The van der Waals surface area contributed by atoms with Crippen LogP contribution in [0.2, 0.25) is 5.02 Å². The number of halogens is 1. The van der Waals surface area contributed by atoms with E-state index in [2.05, 4.69) is 5.32 Å². The SMILES string of the molecule is COc1ccc(/C=C2/C(=O)NC(=S)N(c3ccc(C)cc3)C2=O)cc1Cl. The fourth-order valence-corrected chi connectivity index (χ4v) is 3.07. The molecule has 0 radical (unpaired) electrons. The summed E-state index contributed by atoms with van der Waals surface area (Å²) in [6, 6.07) is 12.3. The lowest BCUT2D eigenvalue weighted by Gasteiger charge is -2.29. The summed E-state index contributed by atoms with van der Waals surface area (Å²) in [5.41, 5.74) is 2.22. The maximum Gasteiger partial charge on any atom is 0.270 e. The highest BCUT2D eigenvalue weighted by molar-refractivity contribution is 7.80. The second-order valence-corrected chi connectivity index (χ2v) is 6.48. The molecule has 5 nitrogen and oxygen atoms in total. The van der Waals surface area contributed by atoms with Crippen molar-refractivity contribution >= 4 is 52.5 Å². The van der Waals surface area contributed by atoms with Gasteiger partial charge in [-0.25, -0.2) is 0 Å². The van der Waals surface area contributed by atoms with Gasteiger partial charge in [-0.1, -0.05) is 35.4 Å². The normalized spacial score (nSPS) is 16.0. The molecule has 26 heavy (non-hydrogen) atoms. The number of rotatable bonds is 3. The van der Waals surface area contributed by atoms with Crippen molar-refractivity contribution in [3.8, 4) is 5.75 Å². The first-order valence-electron chi connectivity index (χ1n) is 7.72. The topological polar surface area (TPSA) is 58.6 Å². The highest BCUT2D eigenvalue weighted by Gasteiger charge is 2.34. The first kappa shape index (κ1) is 18.1. The van der Waals surface area contributed by atoms with Crippen molar-refractivity contribution in [2.45, 2.75) is 6.92 Å². The minimum atomic E-state index is -0.546. The molecule has 3 rings (SSSR count). The van der Waals surface area contributed by atoms with E-state index in [1.54, 1.807) is 30.3 Å². The second kappa shape index (κ2) is 7.27. The van der Waals surface area contributed by atoms with Gasteiger partial charge in [0.05, 0.1) is 17.8 Å². The number of anilines is 1. The van der Waals surface area contributed by atoms with Gasteiger partial charge in [-0.15, -0.1) is 0 Å². The molecule has 1 fully saturated rings. The van der Waals surface area contributed by atoms with Crippen LogP contribution < -0.4 is 15.0 Å². The number of nitrogens with one attached hydrogen (secondary N) is 1. The van der Waals surface area contributed by atoms with Gasteiger partial charge in [-0.05, 0) is 55.0 Å². The van der Waals surface area contributed by atoms with E-state index in [0.29, 0.717) is 22.0 Å². The van der Waals surface area contributed by atoms with Crippen LogP contribution in [0, 0.1) is 6.92 Å². The molecule has 2 aromatic carbocycles. The van der Waals surface area contributed by atoms with Crippen molar-refractivity contribution in [3.05, 3.63) is 64.2 Å². The van der Waals surface area contributed by atoms with E-state index >= 15 is 0 Å². The Morgan fingerprint density at radius 2 is 1.85 bits per heavy atom. The Morgan fingerprint density at radius 1 is 1.15 bits per heavy atom. The first-order valence-corrected chi connectivity index (χ1v) is 8.51. The number of amides is 2. The molecule has 0 spiro atoms. The molecule has 0 aromatic heterocycles. The Hall–Kier alpha value is -2.70. The first-order chi connectivity index (χ1) is 12.4. The van der Waals surface area contributed by atoms with E-state index in [-0.39, 0.29) is 10.7 Å². The van der Waals surface area contributed by atoms with E-state index in [9.17, 15) is 9.59 Å². The molecule has 0 aliphatic carbocycles. The summed E-state index contributed by atoms with van der Waals surface area (Å²) in [6.07, 6.45) is 1.48. The molecule has 1 aliphatic heterocycles. The molecular weight excluding hydrogens is 372 g/mol. The molecule has 0 unspecified atom stereocenters. The average Bonchev–Trinajstić information content (AvgIpc) is 2.60. The lowest BCUT2D eigenvalue weighted by atomic mass is 10.1. The van der Waals surface area contributed by atoms with E-state index in [4.69, 9.17) is 28.6 Å². The van der Waals surface area contributed by atoms with Crippen molar-refractivity contribution in [1.82, 2.24) is 5.32 Å². The maximum atomic E-state index is 12.9. The van der Waals surface area contributed by atoms with E-state index < -0.39 is 11.8 Å². The summed E-state index contributed by atoms with van der Waals surface area (Å²) in [7, 11) is 1.51. The lowest BCUT2D eigenvalue weighted by molar-refractivity contribution is -0.122. The van der Waals surface area contributed by atoms with E-state index in [0.717, 1.165) is 5.56 Å². The number of thiocarbonyl (C=S) groups is 1. The van der Waals surface area contributed by atoms with Crippen LogP contribution in [-0.4, -0.2) is 24.0 Å². The quantitative estimate of drug-likeness (QED) is 0.498. The largest absolute Gasteiger partial charge is 0.495 e. The maximum absolute atomic E-state index is 12.9. The average molecular weight is 387 g/mol. The zero-order valence-corrected chi connectivity index (χ0v) is 15.6. The third kappa shape index (κ3) is 3.47. The molecule has 1 aliphatic rings. The number of hydrogen-bond acceptors (Lipinski definition) is 4. The summed E-state index contributed by atoms with van der Waals surface area (Å²) in [5.74, 6) is -0.527. The number of carbonyl (C=O) groups excluding carboxylic acids is 2. The smallest absolute Gasteiger partial charge is 0.270 e. The summed E-state index contributed by atoms with van der Waals surface area (Å²) < 4.78 is 5.11. The number of methoxy groups -OCH3 is 1. The van der Waals surface area contributed by atoms with Crippen molar-refractivity contribution < 1.29 is 14.3 Å². The zero-order chi connectivity index (χ0) is 18.8. The van der Waals surface area contributed by atoms with Gasteiger partial charge in [0.1, 0.15) is 11.3 Å². The Kier molecular flexibility index (Phi) is 5.06. The van der Waals surface area contributed by atoms with Crippen LogP contribution in [0.15, 0.2) is 48.0 Å². The molecular formula is C19H15ClN2O3S. The summed E-state index contributed by atoms with van der Waals surface area (Å²) in [4.78, 5) is 26.5. The summed E-state index contributed by atoms with van der Waals surface area (Å²) in [5, 5.41) is 2.99. The number of aryl methyl sites for hydroxylation is 1. The van der Waals surface area contributed by atoms with Crippen LogP contribution in [0.1, 0.15) is 11.1 Å². The molecule has 1 heterocycles. The van der Waals surface area contributed by atoms with Crippen LogP contribution in [0.25, 0.3) is 6.08 Å². The van der Waals surface area contributed by atoms with Crippen molar-refractivity contribution in [2.24, 2.45) is 0 Å². The highest BCUT2D eigenvalue weighted by atomic mass is 35.5. The van der Waals surface area contributed by atoms with Gasteiger partial charge in [-0.3, -0.25) is 19.8 Å². The highest BCUT2D eigenvalue weighted by Crippen LogP contribution is 2.27. The Labute approximate surface area is 161 Å². The van der Waals surface area contributed by atoms with Crippen LogP contribution >= 0.6 is 23.8 Å². The molecule has 1 N–H and O–H groups in total. The number of benzene rings is 2. The number of ether oxygens (including phenoxy) is 1. The lowest BCUT2D eigenvalue weighted by Crippen LogP contribution is -2.54. The van der Waals surface area contributed by atoms with E-state index in [1.165, 1.54) is 18.1 Å². The Bertz CT molecular complexity index is 938. The van der Waals surface area contributed by atoms with Gasteiger partial charge in [0.2, 0.25) is 0 Å². The van der Waals surface area contributed by atoms with Crippen molar-refractivity contribution in [3.63, 3.8) is 0 Å². The van der Waals surface area contributed by atoms with Crippen molar-refractivity contribution in [1.29, 1.82) is 0 Å². The van der Waals surface area contributed by atoms with E-state index in [1.807, 2.05) is 19.1 Å². The fraction of sp³-hybridized carbons (Fsp3) is 0.105. The van der Waals surface area contributed by atoms with Gasteiger partial charge in [0.25, 0.3) is 11.8 Å². The van der Waals surface area contributed by atoms with Gasteiger partial charge >= 0.3 is 0 Å². The summed E-state index contributed by atoms with van der Waals surface area (Å²) in [6.45, 7) is 1.95. The molecule has 0 bridgehead atoms. The van der Waals surface area contributed by atoms with Crippen LogP contribution in [-0.2, 0) is 9.59 Å². The summed E-state index contributed by atoms with van der Waals surface area (Å²) >= 11 is 11.3. The van der Waals surface area contributed by atoms with Gasteiger partial charge < -0.3 is 4.74 Å². The minimum absolute atomic E-state index is 0.0274. The molecule has 0 saturated carbocycles. The third-order valence-electron chi connectivity index (χ3n) is 3.88. The van der Waals surface area contributed by atoms with Gasteiger partial charge in [-0.2, -0.15) is 0 Å². The number of carbonyl (C=O) groups is 2. The fourth-order valence-electron chi connectivity index (χ4n) is 2.52. The molecule has 7 heteroatoms. The standard InChI is InChI=1S/C19H15ClN2O3S/c1-11-3-6-13(7-4-11)22-18(24)14(17(23)21-19(22)26)9-12-5-8-16(25-2)15(20)10-12/h3-10H,1-2H3,(H,21,23,26)/b14-9-. The molecule has 2 amide bonds. The molecule has 132 valence electrons. The molecule has 1 saturated heterocycles. The predicted molar refractivity (Wildman–Crippen MR) is 105 cm³/mol. The molecule has 0 atom stereocenters. The number of hydrogen-bond donors (Lipinski definition) is 1. The van der Waals surface area contributed by atoms with Crippen LogP contribution in [0.5, 0.6) is 5.75 Å². The minimum Gasteiger partial charge on any atom is -0.495 e. The molecule has 2 aromatic rings. The van der Waals surface area contributed by atoms with Crippen molar-refractivity contribution in [2.75, 3.05) is 12.0 Å². The Morgan fingerprint density at radius 3 is 2.46 bits per heavy atom. The Balaban J connectivity index is 1.99.